The van der Waals surface area contributed by atoms with Gasteiger partial charge in [-0.15, -0.1) is 10.2 Å². The van der Waals surface area contributed by atoms with Gasteiger partial charge in [0.25, 0.3) is 5.91 Å². The number of fused-ring (bicyclic) bond motifs is 1. The minimum Gasteiger partial charge on any atom is -0.296 e. The average Bonchev–Trinajstić information content (AvgIpc) is 3.08. The number of rotatable bonds is 4. The number of nitrogens with one attached hydrogen (secondary N) is 1. The molecule has 0 saturated heterocycles. The number of hydrogen-bond donors (Lipinski definition) is 1. The first kappa shape index (κ1) is 16.9. The number of anilines is 1. The van der Waals surface area contributed by atoms with Crippen molar-refractivity contribution in [2.24, 2.45) is 0 Å². The van der Waals surface area contributed by atoms with E-state index in [-0.39, 0.29) is 5.91 Å². The smallest absolute Gasteiger partial charge is 0.258 e. The highest BCUT2D eigenvalue weighted by Gasteiger charge is 2.13. The Morgan fingerprint density at radius 1 is 1.00 bits per heavy atom. The van der Waals surface area contributed by atoms with Crippen molar-refractivity contribution < 1.29 is 4.79 Å². The van der Waals surface area contributed by atoms with E-state index in [1.807, 2.05) is 60.7 Å². The molecule has 0 atom stereocenters. The third-order valence-electron chi connectivity index (χ3n) is 3.97. The first-order chi connectivity index (χ1) is 12.7. The summed E-state index contributed by atoms with van der Waals surface area (Å²) in [6.45, 7) is 0. The van der Waals surface area contributed by atoms with Gasteiger partial charge in [0, 0.05) is 16.5 Å². The summed E-state index contributed by atoms with van der Waals surface area (Å²) in [7, 11) is 0. The number of aromatic nitrogens is 2. The molecule has 4 nitrogen and oxygen atoms in total. The summed E-state index contributed by atoms with van der Waals surface area (Å²) in [5, 5.41) is 14.5. The van der Waals surface area contributed by atoms with Crippen molar-refractivity contribution in [1.82, 2.24) is 10.2 Å². The standard InChI is InChI=1S/C20H14BrN3OS/c21-15-8-3-5-13(11-15)12-18-23-24-20(26-18)22-19(25)17-10-4-7-14-6-1-2-9-16(14)17/h1-11H,12H2,(H,22,24,25). The molecule has 4 rings (SSSR count). The molecule has 0 bridgehead atoms. The van der Waals surface area contributed by atoms with Gasteiger partial charge in [0.1, 0.15) is 5.01 Å². The zero-order valence-electron chi connectivity index (χ0n) is 13.6. The molecule has 0 radical (unpaired) electrons. The highest BCUT2D eigenvalue weighted by atomic mass is 79.9. The maximum absolute atomic E-state index is 12.7. The van der Waals surface area contributed by atoms with Crippen LogP contribution >= 0.6 is 27.3 Å². The Bertz CT molecular complexity index is 1090. The molecule has 1 aromatic heterocycles. The fourth-order valence-corrected chi connectivity index (χ4v) is 4.00. The largest absolute Gasteiger partial charge is 0.296 e. The lowest BCUT2D eigenvalue weighted by Crippen LogP contribution is -2.12. The third-order valence-corrected chi connectivity index (χ3v) is 5.30. The lowest BCUT2D eigenvalue weighted by atomic mass is 10.0. The average molecular weight is 424 g/mol. The fourth-order valence-electron chi connectivity index (χ4n) is 2.78. The Labute approximate surface area is 163 Å². The maximum Gasteiger partial charge on any atom is 0.258 e. The minimum atomic E-state index is -0.174. The highest BCUT2D eigenvalue weighted by Crippen LogP contribution is 2.23. The van der Waals surface area contributed by atoms with E-state index >= 15 is 0 Å². The molecule has 6 heteroatoms. The molecule has 1 amide bonds. The van der Waals surface area contributed by atoms with Crippen LogP contribution < -0.4 is 5.32 Å². The van der Waals surface area contributed by atoms with E-state index < -0.39 is 0 Å². The van der Waals surface area contributed by atoms with E-state index in [1.54, 1.807) is 0 Å². The van der Waals surface area contributed by atoms with Gasteiger partial charge >= 0.3 is 0 Å². The van der Waals surface area contributed by atoms with Crippen LogP contribution in [0.1, 0.15) is 20.9 Å². The molecule has 26 heavy (non-hydrogen) atoms. The molecule has 1 heterocycles. The van der Waals surface area contributed by atoms with Crippen LogP contribution in [0.5, 0.6) is 0 Å². The molecule has 0 fully saturated rings. The summed E-state index contributed by atoms with van der Waals surface area (Å²) in [6, 6.07) is 21.6. The van der Waals surface area contributed by atoms with Crippen LogP contribution in [-0.4, -0.2) is 16.1 Å². The van der Waals surface area contributed by atoms with Crippen LogP contribution in [0.25, 0.3) is 10.8 Å². The van der Waals surface area contributed by atoms with Crippen molar-refractivity contribution in [3.63, 3.8) is 0 Å². The van der Waals surface area contributed by atoms with Gasteiger partial charge in [-0.1, -0.05) is 75.8 Å². The Morgan fingerprint density at radius 2 is 1.81 bits per heavy atom. The van der Waals surface area contributed by atoms with Crippen LogP contribution in [0.4, 0.5) is 5.13 Å². The zero-order valence-corrected chi connectivity index (χ0v) is 16.0. The molecule has 0 aliphatic carbocycles. The van der Waals surface area contributed by atoms with E-state index in [0.717, 1.165) is 25.8 Å². The second-order valence-electron chi connectivity index (χ2n) is 5.79. The van der Waals surface area contributed by atoms with Crippen molar-refractivity contribution in [3.8, 4) is 0 Å². The Kier molecular flexibility index (Phi) is 4.77. The van der Waals surface area contributed by atoms with Gasteiger partial charge in [-0.25, -0.2) is 0 Å². The summed E-state index contributed by atoms with van der Waals surface area (Å²) < 4.78 is 1.03. The molecule has 0 saturated carbocycles. The Hall–Kier alpha value is -2.57. The fraction of sp³-hybridized carbons (Fsp3) is 0.0500. The quantitative estimate of drug-likeness (QED) is 0.484. The van der Waals surface area contributed by atoms with Crippen LogP contribution in [0.15, 0.2) is 71.2 Å². The number of nitrogens with zero attached hydrogens (tertiary/aromatic N) is 2. The monoisotopic (exact) mass is 423 g/mol. The predicted octanol–water partition coefficient (Wildman–Crippen LogP) is 5.30. The normalized spacial score (nSPS) is 10.8. The maximum atomic E-state index is 12.7. The third kappa shape index (κ3) is 3.66. The lowest BCUT2D eigenvalue weighted by Gasteiger charge is -2.05. The van der Waals surface area contributed by atoms with Crippen LogP contribution in [0, 0.1) is 0 Å². The van der Waals surface area contributed by atoms with Crippen LogP contribution in [0.2, 0.25) is 0 Å². The van der Waals surface area contributed by atoms with Crippen molar-refractivity contribution in [1.29, 1.82) is 0 Å². The second kappa shape index (κ2) is 7.35. The number of amides is 1. The molecule has 0 aliphatic rings. The SMILES string of the molecule is O=C(Nc1nnc(Cc2cccc(Br)c2)s1)c1cccc2ccccc12. The van der Waals surface area contributed by atoms with Gasteiger partial charge < -0.3 is 0 Å². The second-order valence-corrected chi connectivity index (χ2v) is 7.77. The van der Waals surface area contributed by atoms with E-state index in [0.29, 0.717) is 17.1 Å². The minimum absolute atomic E-state index is 0.174. The molecular weight excluding hydrogens is 410 g/mol. The van der Waals surface area contributed by atoms with Gasteiger partial charge in [-0.2, -0.15) is 0 Å². The lowest BCUT2D eigenvalue weighted by molar-refractivity contribution is 0.102. The molecule has 128 valence electrons. The molecule has 0 aliphatic heterocycles. The number of benzene rings is 3. The first-order valence-corrected chi connectivity index (χ1v) is 9.66. The first-order valence-electron chi connectivity index (χ1n) is 8.05. The van der Waals surface area contributed by atoms with E-state index in [4.69, 9.17) is 0 Å². The zero-order chi connectivity index (χ0) is 17.9. The summed E-state index contributed by atoms with van der Waals surface area (Å²) in [5.41, 5.74) is 1.77. The van der Waals surface area contributed by atoms with Crippen molar-refractivity contribution in [3.05, 3.63) is 87.3 Å². The summed E-state index contributed by atoms with van der Waals surface area (Å²) in [6.07, 6.45) is 0.682. The van der Waals surface area contributed by atoms with E-state index in [2.05, 4.69) is 37.5 Å². The van der Waals surface area contributed by atoms with Gasteiger partial charge in [0.2, 0.25) is 5.13 Å². The molecule has 0 unspecified atom stereocenters. The number of halogens is 1. The van der Waals surface area contributed by atoms with Crippen molar-refractivity contribution >= 4 is 49.1 Å². The molecule has 1 N–H and O–H groups in total. The predicted molar refractivity (Wildman–Crippen MR) is 109 cm³/mol. The molecule has 3 aromatic carbocycles. The Morgan fingerprint density at radius 3 is 2.69 bits per heavy atom. The molecule has 0 spiro atoms. The molecular formula is C20H14BrN3OS. The van der Waals surface area contributed by atoms with Gasteiger partial charge in [-0.3, -0.25) is 10.1 Å². The number of carbonyl (C=O) groups excluding carboxylic acids is 1. The van der Waals surface area contributed by atoms with Gasteiger partial charge in [0.05, 0.1) is 0 Å². The van der Waals surface area contributed by atoms with Crippen molar-refractivity contribution in [2.45, 2.75) is 6.42 Å². The summed E-state index contributed by atoms with van der Waals surface area (Å²) in [4.78, 5) is 12.7. The summed E-state index contributed by atoms with van der Waals surface area (Å²) in [5.74, 6) is -0.174. The summed E-state index contributed by atoms with van der Waals surface area (Å²) >= 11 is 4.86. The highest BCUT2D eigenvalue weighted by molar-refractivity contribution is 9.10. The van der Waals surface area contributed by atoms with Crippen LogP contribution in [0.3, 0.4) is 0 Å². The number of hydrogen-bond acceptors (Lipinski definition) is 4. The topological polar surface area (TPSA) is 54.9 Å². The number of carbonyl (C=O) groups is 1. The molecule has 4 aromatic rings. The van der Waals surface area contributed by atoms with E-state index in [1.165, 1.54) is 11.3 Å². The Balaban J connectivity index is 1.52. The van der Waals surface area contributed by atoms with Gasteiger partial charge in [0.15, 0.2) is 0 Å². The van der Waals surface area contributed by atoms with E-state index in [9.17, 15) is 4.79 Å². The van der Waals surface area contributed by atoms with Crippen LogP contribution in [-0.2, 0) is 6.42 Å². The van der Waals surface area contributed by atoms with Gasteiger partial charge in [-0.05, 0) is 34.5 Å². The van der Waals surface area contributed by atoms with Crippen molar-refractivity contribution in [2.75, 3.05) is 5.32 Å².